The molecule has 0 saturated carbocycles. The fourth-order valence-corrected chi connectivity index (χ4v) is 2.66. The lowest BCUT2D eigenvalue weighted by Gasteiger charge is -2.30. The summed E-state index contributed by atoms with van der Waals surface area (Å²) in [6, 6.07) is 0.728. The first-order valence-electron chi connectivity index (χ1n) is 7.52. The summed E-state index contributed by atoms with van der Waals surface area (Å²) >= 11 is 0. The quantitative estimate of drug-likeness (QED) is 0.683. The fourth-order valence-electron chi connectivity index (χ4n) is 2.66. The highest BCUT2D eigenvalue weighted by Gasteiger charge is 2.20. The molecule has 1 rings (SSSR count). The second-order valence-electron chi connectivity index (χ2n) is 5.18. The molecule has 1 aliphatic rings. The molecule has 1 amide bonds. The predicted molar refractivity (Wildman–Crippen MR) is 77.0 cm³/mol. The SMILES string of the molecule is CCC(CC)N(CCN)CC(=O)NC1CCOCC1. The highest BCUT2D eigenvalue weighted by atomic mass is 16.5. The van der Waals surface area contributed by atoms with Gasteiger partial charge in [-0.25, -0.2) is 0 Å². The van der Waals surface area contributed by atoms with Gasteiger partial charge in [0.05, 0.1) is 6.54 Å². The van der Waals surface area contributed by atoms with Gasteiger partial charge >= 0.3 is 0 Å². The minimum absolute atomic E-state index is 0.118. The number of nitrogens with one attached hydrogen (secondary N) is 1. The lowest BCUT2D eigenvalue weighted by Crippen LogP contribution is -2.48. The Hall–Kier alpha value is -0.650. The van der Waals surface area contributed by atoms with E-state index in [-0.39, 0.29) is 11.9 Å². The van der Waals surface area contributed by atoms with Crippen molar-refractivity contribution in [2.45, 2.75) is 51.6 Å². The van der Waals surface area contributed by atoms with Crippen LogP contribution in [-0.2, 0) is 9.53 Å². The first kappa shape index (κ1) is 16.4. The van der Waals surface area contributed by atoms with Crippen LogP contribution in [0.3, 0.4) is 0 Å². The van der Waals surface area contributed by atoms with Gasteiger partial charge in [0.15, 0.2) is 0 Å². The number of hydrogen-bond donors (Lipinski definition) is 2. The normalized spacial score (nSPS) is 17.1. The minimum atomic E-state index is 0.118. The summed E-state index contributed by atoms with van der Waals surface area (Å²) in [6.07, 6.45) is 3.96. The summed E-state index contributed by atoms with van der Waals surface area (Å²) in [5, 5.41) is 3.11. The maximum absolute atomic E-state index is 12.1. The Bertz CT molecular complexity index is 251. The molecule has 5 nitrogen and oxygen atoms in total. The van der Waals surface area contributed by atoms with E-state index < -0.39 is 0 Å². The van der Waals surface area contributed by atoms with Gasteiger partial charge in [-0.1, -0.05) is 13.8 Å². The van der Waals surface area contributed by atoms with E-state index in [0.29, 0.717) is 19.1 Å². The molecule has 112 valence electrons. The molecule has 3 N–H and O–H groups in total. The molecule has 0 aromatic rings. The Labute approximate surface area is 116 Å². The first-order valence-corrected chi connectivity index (χ1v) is 7.52. The van der Waals surface area contributed by atoms with E-state index in [4.69, 9.17) is 10.5 Å². The van der Waals surface area contributed by atoms with Crippen LogP contribution in [0.5, 0.6) is 0 Å². The first-order chi connectivity index (χ1) is 9.21. The predicted octanol–water partition coefficient (Wildman–Crippen LogP) is 0.731. The second kappa shape index (κ2) is 9.28. The summed E-state index contributed by atoms with van der Waals surface area (Å²) in [4.78, 5) is 14.3. The monoisotopic (exact) mass is 271 g/mol. The standard InChI is InChI=1S/C14H29N3O2/c1-3-13(4-2)17(8-7-15)11-14(18)16-12-5-9-19-10-6-12/h12-13H,3-11,15H2,1-2H3,(H,16,18). The van der Waals surface area contributed by atoms with E-state index in [1.165, 1.54) is 0 Å². The second-order valence-corrected chi connectivity index (χ2v) is 5.18. The van der Waals surface area contributed by atoms with Gasteiger partial charge in [0.2, 0.25) is 5.91 Å². The third-order valence-electron chi connectivity index (χ3n) is 3.81. The van der Waals surface area contributed by atoms with Gasteiger partial charge in [-0.2, -0.15) is 0 Å². The molecule has 1 saturated heterocycles. The van der Waals surface area contributed by atoms with Crippen molar-refractivity contribution >= 4 is 5.91 Å². The molecule has 0 unspecified atom stereocenters. The molecule has 0 spiro atoms. The number of carbonyl (C=O) groups excluding carboxylic acids is 1. The zero-order valence-corrected chi connectivity index (χ0v) is 12.4. The number of carbonyl (C=O) groups is 1. The van der Waals surface area contributed by atoms with Crippen molar-refractivity contribution in [3.05, 3.63) is 0 Å². The highest BCUT2D eigenvalue weighted by Crippen LogP contribution is 2.09. The average molecular weight is 271 g/mol. The average Bonchev–Trinajstić information content (AvgIpc) is 2.41. The molecule has 19 heavy (non-hydrogen) atoms. The van der Waals surface area contributed by atoms with E-state index in [9.17, 15) is 4.79 Å². The van der Waals surface area contributed by atoms with Crippen LogP contribution in [0.1, 0.15) is 39.5 Å². The highest BCUT2D eigenvalue weighted by molar-refractivity contribution is 5.78. The summed E-state index contributed by atoms with van der Waals surface area (Å²) in [6.45, 7) is 7.67. The molecule has 0 aromatic carbocycles. The molecular weight excluding hydrogens is 242 g/mol. The van der Waals surface area contributed by atoms with Crippen molar-refractivity contribution in [1.82, 2.24) is 10.2 Å². The number of nitrogens with zero attached hydrogens (tertiary/aromatic N) is 1. The fraction of sp³-hybridized carbons (Fsp3) is 0.929. The van der Waals surface area contributed by atoms with Crippen LogP contribution in [0, 0.1) is 0 Å². The third-order valence-corrected chi connectivity index (χ3v) is 3.81. The Morgan fingerprint density at radius 3 is 2.53 bits per heavy atom. The molecule has 1 heterocycles. The molecule has 1 aliphatic heterocycles. The maximum atomic E-state index is 12.1. The van der Waals surface area contributed by atoms with E-state index in [0.717, 1.165) is 45.4 Å². The molecule has 0 aliphatic carbocycles. The van der Waals surface area contributed by atoms with Gasteiger partial charge < -0.3 is 15.8 Å². The van der Waals surface area contributed by atoms with E-state index in [2.05, 4.69) is 24.1 Å². The number of ether oxygens (including phenoxy) is 1. The number of hydrogen-bond acceptors (Lipinski definition) is 4. The minimum Gasteiger partial charge on any atom is -0.381 e. The summed E-state index contributed by atoms with van der Waals surface area (Å²) in [5.74, 6) is 0.118. The Morgan fingerprint density at radius 2 is 2.00 bits per heavy atom. The molecular formula is C14H29N3O2. The van der Waals surface area contributed by atoms with Gasteiger partial charge in [-0.3, -0.25) is 9.69 Å². The van der Waals surface area contributed by atoms with Gasteiger partial charge in [0.1, 0.15) is 0 Å². The van der Waals surface area contributed by atoms with Crippen LogP contribution in [0.25, 0.3) is 0 Å². The Morgan fingerprint density at radius 1 is 1.37 bits per heavy atom. The van der Waals surface area contributed by atoms with Crippen LogP contribution in [0.4, 0.5) is 0 Å². The van der Waals surface area contributed by atoms with Gasteiger partial charge in [-0.05, 0) is 25.7 Å². The Balaban J connectivity index is 2.40. The third kappa shape index (κ3) is 5.89. The van der Waals surface area contributed by atoms with E-state index in [1.54, 1.807) is 0 Å². The molecule has 0 atom stereocenters. The van der Waals surface area contributed by atoms with Crippen LogP contribution >= 0.6 is 0 Å². The van der Waals surface area contributed by atoms with Gasteiger partial charge in [-0.15, -0.1) is 0 Å². The summed E-state index contributed by atoms with van der Waals surface area (Å²) < 4.78 is 5.30. The molecule has 0 radical (unpaired) electrons. The van der Waals surface area contributed by atoms with E-state index >= 15 is 0 Å². The largest absolute Gasteiger partial charge is 0.381 e. The topological polar surface area (TPSA) is 67.6 Å². The van der Waals surface area contributed by atoms with Gasteiger partial charge in [0, 0.05) is 38.4 Å². The zero-order valence-electron chi connectivity index (χ0n) is 12.4. The lowest BCUT2D eigenvalue weighted by atomic mass is 10.1. The van der Waals surface area contributed by atoms with Crippen molar-refractivity contribution in [1.29, 1.82) is 0 Å². The number of nitrogens with two attached hydrogens (primary N) is 1. The van der Waals surface area contributed by atoms with E-state index in [1.807, 2.05) is 0 Å². The van der Waals surface area contributed by atoms with Crippen molar-refractivity contribution in [3.8, 4) is 0 Å². The summed E-state index contributed by atoms with van der Waals surface area (Å²) in [5.41, 5.74) is 5.65. The van der Waals surface area contributed by atoms with Gasteiger partial charge in [0.25, 0.3) is 0 Å². The van der Waals surface area contributed by atoms with Crippen molar-refractivity contribution < 1.29 is 9.53 Å². The van der Waals surface area contributed by atoms with Crippen LogP contribution in [0.2, 0.25) is 0 Å². The lowest BCUT2D eigenvalue weighted by molar-refractivity contribution is -0.124. The molecule has 1 fully saturated rings. The summed E-state index contributed by atoms with van der Waals surface area (Å²) in [7, 11) is 0. The van der Waals surface area contributed by atoms with Crippen LogP contribution in [0.15, 0.2) is 0 Å². The van der Waals surface area contributed by atoms with Crippen LogP contribution in [-0.4, -0.2) is 55.7 Å². The smallest absolute Gasteiger partial charge is 0.234 e. The Kier molecular flexibility index (Phi) is 8.02. The van der Waals surface area contributed by atoms with Crippen molar-refractivity contribution in [2.24, 2.45) is 5.73 Å². The molecule has 0 bridgehead atoms. The number of rotatable bonds is 8. The maximum Gasteiger partial charge on any atom is 0.234 e. The van der Waals surface area contributed by atoms with Crippen molar-refractivity contribution in [2.75, 3.05) is 32.8 Å². The molecule has 0 aromatic heterocycles. The molecule has 5 heteroatoms. The zero-order chi connectivity index (χ0) is 14.1. The van der Waals surface area contributed by atoms with Crippen molar-refractivity contribution in [3.63, 3.8) is 0 Å². The van der Waals surface area contributed by atoms with Crippen LogP contribution < -0.4 is 11.1 Å². The number of amides is 1.